The molecule has 0 aliphatic heterocycles. The minimum absolute atomic E-state index is 0. The van der Waals surface area contributed by atoms with Crippen molar-refractivity contribution in [1.82, 2.24) is 0 Å². The van der Waals surface area contributed by atoms with Crippen molar-refractivity contribution < 1.29 is 71.8 Å². The summed E-state index contributed by atoms with van der Waals surface area (Å²) in [5.41, 5.74) is 8.53. The predicted octanol–water partition coefficient (Wildman–Crippen LogP) is 17.0. The van der Waals surface area contributed by atoms with E-state index in [2.05, 4.69) is 32.9 Å². The molecule has 2 fully saturated rings. The molecule has 10 rings (SSSR count). The van der Waals surface area contributed by atoms with Crippen LogP contribution in [0.3, 0.4) is 0 Å². The van der Waals surface area contributed by atoms with Gasteiger partial charge in [0.2, 0.25) is 0 Å². The van der Waals surface area contributed by atoms with E-state index in [0.717, 1.165) is 136 Å². The van der Waals surface area contributed by atoms with Gasteiger partial charge in [0.1, 0.15) is 50.1 Å². The van der Waals surface area contributed by atoms with E-state index in [0.29, 0.717) is 54.1 Å². The van der Waals surface area contributed by atoms with Crippen LogP contribution in [0.2, 0.25) is 0 Å². The van der Waals surface area contributed by atoms with Gasteiger partial charge in [0, 0.05) is 0 Å². The average molecular weight is 1390 g/mol. The molecule has 1 N–H and O–H groups in total. The zero-order valence-electron chi connectivity index (χ0n) is 58.2. The van der Waals surface area contributed by atoms with Crippen molar-refractivity contribution in [2.75, 3.05) is 13.2 Å². The normalized spacial score (nSPS) is 19.6. The highest BCUT2D eigenvalue weighted by Gasteiger charge is 2.46. The number of rotatable bonds is 36. The number of benzene rings is 6. The van der Waals surface area contributed by atoms with Crippen molar-refractivity contribution >= 4 is 48.2 Å². The van der Waals surface area contributed by atoms with Gasteiger partial charge in [-0.05, 0) is 188 Å². The predicted molar refractivity (Wildman–Crippen MR) is 388 cm³/mol. The SMILES string of the molecule is C.CCCCC[C@@H](CC[C@@H]1[C@H]2Cc3cccc(OCC(=O)OCc4ccccc4)c3C[C@H]2C[C@H]1C)OC(=O)CCC(=O)OCc1ccccc1.CCCCC[C@@H](CC[C@@H]1[C@H]2Cc3cccc(OCC(=O)OCc4ccccc4)c3C[C@H]2C[C@H]1O)OC(=O)CCC(=O)OCc1ccccc1.Cl. The number of fused-ring (bicyclic) bond motifs is 4. The quantitative estimate of drug-likeness (QED) is 0.0221. The maximum absolute atomic E-state index is 12.8. The molecule has 15 nitrogen and oxygen atoms in total. The van der Waals surface area contributed by atoms with E-state index in [1.807, 2.05) is 146 Å². The van der Waals surface area contributed by atoms with Crippen LogP contribution in [-0.4, -0.2) is 72.4 Å². The minimum atomic E-state index is -0.423. The lowest BCUT2D eigenvalue weighted by Crippen LogP contribution is -2.29. The summed E-state index contributed by atoms with van der Waals surface area (Å²) in [5, 5.41) is 11.2. The summed E-state index contributed by atoms with van der Waals surface area (Å²) in [6.45, 7) is 7.26. The number of aliphatic hydroxyl groups excluding tert-OH is 1. The first-order valence-electron chi connectivity index (χ1n) is 36.1. The van der Waals surface area contributed by atoms with Crippen LogP contribution >= 0.6 is 12.4 Å². The Hall–Kier alpha value is -8.01. The highest BCUT2D eigenvalue weighted by atomic mass is 35.5. The summed E-state index contributed by atoms with van der Waals surface area (Å²) in [5.74, 6) is 2.19. The fourth-order valence-corrected chi connectivity index (χ4v) is 15.2. The van der Waals surface area contributed by atoms with Crippen LogP contribution < -0.4 is 9.47 Å². The lowest BCUT2D eigenvalue weighted by atomic mass is 9.73. The molecular formula is C84H107ClO15. The summed E-state index contributed by atoms with van der Waals surface area (Å²) < 4.78 is 45.4. The van der Waals surface area contributed by atoms with Crippen molar-refractivity contribution in [2.45, 2.75) is 214 Å². The molecule has 16 heteroatoms. The minimum Gasteiger partial charge on any atom is -0.482 e. The smallest absolute Gasteiger partial charge is 0.344 e. The van der Waals surface area contributed by atoms with E-state index in [1.165, 1.54) is 16.7 Å². The van der Waals surface area contributed by atoms with Crippen LogP contribution in [0.25, 0.3) is 0 Å². The lowest BCUT2D eigenvalue weighted by molar-refractivity contribution is -0.155. The number of carbonyl (C=O) groups excluding carboxylic acids is 6. The van der Waals surface area contributed by atoms with E-state index in [-0.39, 0.29) is 127 Å². The van der Waals surface area contributed by atoms with E-state index >= 15 is 0 Å². The Balaban J connectivity index is 0.000000275. The Morgan fingerprint density at radius 3 is 1.18 bits per heavy atom. The third kappa shape index (κ3) is 25.3. The third-order valence-electron chi connectivity index (χ3n) is 20.3. The summed E-state index contributed by atoms with van der Waals surface area (Å²) >= 11 is 0. The van der Waals surface area contributed by atoms with Crippen LogP contribution in [0.15, 0.2) is 158 Å². The number of hydrogen-bond donors (Lipinski definition) is 1. The molecule has 0 radical (unpaired) electrons. The van der Waals surface area contributed by atoms with Crippen molar-refractivity contribution in [3.63, 3.8) is 0 Å². The van der Waals surface area contributed by atoms with Crippen molar-refractivity contribution in [3.05, 3.63) is 202 Å². The second-order valence-corrected chi connectivity index (χ2v) is 27.3. The number of carbonyl (C=O) groups is 6. The molecule has 0 aromatic heterocycles. The van der Waals surface area contributed by atoms with Gasteiger partial charge in [-0.1, -0.05) is 199 Å². The van der Waals surface area contributed by atoms with Gasteiger partial charge in [0.25, 0.3) is 0 Å². The number of hydrogen-bond acceptors (Lipinski definition) is 15. The monoisotopic (exact) mass is 1390 g/mol. The Kier molecular flexibility index (Phi) is 33.5. The highest BCUT2D eigenvalue weighted by Crippen LogP contribution is 2.52. The van der Waals surface area contributed by atoms with E-state index < -0.39 is 18.0 Å². The summed E-state index contributed by atoms with van der Waals surface area (Å²) in [4.78, 5) is 75.0. The maximum Gasteiger partial charge on any atom is 0.344 e. The first-order chi connectivity index (χ1) is 47.8. The third-order valence-corrected chi connectivity index (χ3v) is 20.3. The van der Waals surface area contributed by atoms with Gasteiger partial charge < -0.3 is 43.0 Å². The van der Waals surface area contributed by atoms with Gasteiger partial charge >= 0.3 is 35.8 Å². The molecule has 100 heavy (non-hydrogen) atoms. The highest BCUT2D eigenvalue weighted by molar-refractivity contribution is 5.85. The summed E-state index contributed by atoms with van der Waals surface area (Å²) in [6.07, 6.45) is 15.9. The van der Waals surface area contributed by atoms with Crippen LogP contribution in [-0.2, 0) is 109 Å². The van der Waals surface area contributed by atoms with Gasteiger partial charge in [-0.25, -0.2) is 9.59 Å². The van der Waals surface area contributed by atoms with Crippen LogP contribution in [0.1, 0.15) is 188 Å². The Morgan fingerprint density at radius 1 is 0.420 bits per heavy atom. The van der Waals surface area contributed by atoms with Gasteiger partial charge in [0.05, 0.1) is 31.8 Å². The Morgan fingerprint density at radius 2 is 0.780 bits per heavy atom. The topological polar surface area (TPSA) is 196 Å². The van der Waals surface area contributed by atoms with Crippen molar-refractivity contribution in [2.24, 2.45) is 41.4 Å². The molecule has 6 aromatic rings. The number of unbranched alkanes of at least 4 members (excludes halogenated alkanes) is 4. The summed E-state index contributed by atoms with van der Waals surface area (Å²) in [6, 6.07) is 50.4. The van der Waals surface area contributed by atoms with Crippen molar-refractivity contribution in [3.8, 4) is 11.5 Å². The Bertz CT molecular complexity index is 3210. The molecule has 0 unspecified atom stereocenters. The molecule has 0 spiro atoms. The molecule has 6 aromatic carbocycles. The fourth-order valence-electron chi connectivity index (χ4n) is 15.2. The fraction of sp³-hybridized carbons (Fsp3) is 0.500. The molecular weight excluding hydrogens is 1280 g/mol. The zero-order chi connectivity index (χ0) is 68.9. The Labute approximate surface area is 599 Å². The molecule has 2 saturated carbocycles. The van der Waals surface area contributed by atoms with E-state index in [4.69, 9.17) is 37.9 Å². The van der Waals surface area contributed by atoms with Crippen LogP contribution in [0.5, 0.6) is 11.5 Å². The van der Waals surface area contributed by atoms with Crippen molar-refractivity contribution in [1.29, 1.82) is 0 Å². The van der Waals surface area contributed by atoms with Gasteiger partial charge in [0.15, 0.2) is 13.2 Å². The zero-order valence-corrected chi connectivity index (χ0v) is 59.0. The number of esters is 6. The van der Waals surface area contributed by atoms with Gasteiger partial charge in [-0.2, -0.15) is 0 Å². The van der Waals surface area contributed by atoms with Gasteiger partial charge in [-0.15, -0.1) is 12.4 Å². The standard InChI is InChI=1S/C42H52O7.C41H50O8.CH4.ClH/c1-3-4-7-18-35(49-41(44)23-22-40(43)47-27-31-13-8-5-9-14-31)20-21-36-30(2)24-34-26-38-33(25-37(34)36)17-12-19-39(38)46-29-42(45)48-28-32-15-10-6-11-16-32;1-2-3-6-17-33(49-40(44)22-21-39(43)47-26-29-12-7-4-8-13-29)19-20-34-35-23-31-16-11-18-38(36(31)24-32(35)25-37(34)42)46-28-41(45)48-27-30-14-9-5-10-15-30;;/h5-6,8-17,19,30,34-37H,3-4,7,18,20-29H2,1-2H3;4-5,7-16,18,32-35,37,42H,2-3,6,17,19-28H2,1H3;1H4;1H/t30-,34-,35+,36+,37+;32-,33-,34+,35-,37+;;/m10../s1. The number of ether oxygens (including phenoxy) is 8. The first-order valence-corrected chi connectivity index (χ1v) is 36.1. The second-order valence-electron chi connectivity index (χ2n) is 27.3. The van der Waals surface area contributed by atoms with Crippen LogP contribution in [0.4, 0.5) is 0 Å². The van der Waals surface area contributed by atoms with Gasteiger partial charge in [-0.3, -0.25) is 19.2 Å². The molecule has 10 atom stereocenters. The van der Waals surface area contributed by atoms with E-state index in [1.54, 1.807) is 0 Å². The lowest BCUT2D eigenvalue weighted by Gasteiger charge is -2.33. The largest absolute Gasteiger partial charge is 0.482 e. The number of halogens is 1. The molecule has 0 heterocycles. The second kappa shape index (κ2) is 42.3. The average Bonchev–Trinajstić information content (AvgIpc) is 1.59. The molecule has 4 aliphatic rings. The molecule has 0 bridgehead atoms. The van der Waals surface area contributed by atoms with Crippen LogP contribution in [0, 0.1) is 41.4 Å². The summed E-state index contributed by atoms with van der Waals surface area (Å²) in [7, 11) is 0. The molecule has 540 valence electrons. The maximum atomic E-state index is 12.8. The number of aliphatic hydroxyl groups is 1. The first kappa shape index (κ1) is 79.3. The molecule has 0 saturated heterocycles. The van der Waals surface area contributed by atoms with E-state index in [9.17, 15) is 33.9 Å². The molecule has 4 aliphatic carbocycles. The molecule has 0 amide bonds.